The minimum Gasteiger partial charge on any atom is -0.314 e. The van der Waals surface area contributed by atoms with Crippen LogP contribution in [-0.4, -0.2) is 27.4 Å². The molecule has 1 heterocycles. The summed E-state index contributed by atoms with van der Waals surface area (Å²) in [5.41, 5.74) is 0. The zero-order valence-electron chi connectivity index (χ0n) is 10.3. The summed E-state index contributed by atoms with van der Waals surface area (Å²) < 4.78 is 2.01. The fourth-order valence-corrected chi connectivity index (χ4v) is 2.70. The second-order valence-corrected chi connectivity index (χ2v) is 4.63. The van der Waals surface area contributed by atoms with Crippen LogP contribution in [0.4, 0.5) is 0 Å². The molecule has 0 saturated heterocycles. The van der Waals surface area contributed by atoms with E-state index in [0.29, 0.717) is 0 Å². The van der Waals surface area contributed by atoms with E-state index >= 15 is 0 Å². The zero-order chi connectivity index (χ0) is 11.4. The maximum Gasteiger partial charge on any atom is 0.138 e. The average Bonchev–Trinajstić information content (AvgIpc) is 2.89. The van der Waals surface area contributed by atoms with E-state index < -0.39 is 0 Å². The molecule has 1 fully saturated rings. The summed E-state index contributed by atoms with van der Waals surface area (Å²) in [6, 6.07) is 0.730. The molecule has 1 saturated carbocycles. The van der Waals surface area contributed by atoms with Crippen molar-refractivity contribution in [3.8, 4) is 0 Å². The molecule has 1 aliphatic rings. The molecule has 1 aromatic heterocycles. The Kier molecular flexibility index (Phi) is 3.93. The molecule has 90 valence electrons. The first-order chi connectivity index (χ1) is 7.83. The van der Waals surface area contributed by atoms with Gasteiger partial charge in [0, 0.05) is 19.0 Å². The molecule has 0 spiro atoms. The van der Waals surface area contributed by atoms with Crippen LogP contribution in [0, 0.1) is 5.92 Å². The summed E-state index contributed by atoms with van der Waals surface area (Å²) in [5, 5.41) is 7.76. The molecule has 1 N–H and O–H groups in total. The van der Waals surface area contributed by atoms with Crippen LogP contribution in [0.2, 0.25) is 0 Å². The van der Waals surface area contributed by atoms with Gasteiger partial charge in [0.15, 0.2) is 0 Å². The predicted molar refractivity (Wildman–Crippen MR) is 64.2 cm³/mol. The van der Waals surface area contributed by atoms with Crippen molar-refractivity contribution in [2.24, 2.45) is 5.92 Å². The fraction of sp³-hybridized carbons (Fsp3) is 0.833. The van der Waals surface area contributed by atoms with E-state index in [9.17, 15) is 0 Å². The number of rotatable bonds is 5. The van der Waals surface area contributed by atoms with Gasteiger partial charge in [-0.2, -0.15) is 5.10 Å². The van der Waals surface area contributed by atoms with E-state index in [2.05, 4.69) is 29.2 Å². The van der Waals surface area contributed by atoms with E-state index in [1.54, 1.807) is 6.33 Å². The summed E-state index contributed by atoms with van der Waals surface area (Å²) >= 11 is 0. The van der Waals surface area contributed by atoms with Crippen molar-refractivity contribution < 1.29 is 0 Å². The van der Waals surface area contributed by atoms with Crippen LogP contribution in [0.5, 0.6) is 0 Å². The second-order valence-electron chi connectivity index (χ2n) is 4.63. The van der Waals surface area contributed by atoms with Crippen molar-refractivity contribution >= 4 is 0 Å². The van der Waals surface area contributed by atoms with E-state index in [0.717, 1.165) is 37.3 Å². The van der Waals surface area contributed by atoms with Crippen molar-refractivity contribution in [3.63, 3.8) is 0 Å². The second kappa shape index (κ2) is 5.43. The lowest BCUT2D eigenvalue weighted by Gasteiger charge is -2.11. The summed E-state index contributed by atoms with van der Waals surface area (Å²) in [4.78, 5) is 4.35. The first-order valence-corrected chi connectivity index (χ1v) is 6.43. The standard InChI is InChI=1S/C12H22N4/c1-3-13-11-6-5-10(7-11)8-12-14-9-15-16(12)4-2/h9-11,13H,3-8H2,1-2H3. The van der Waals surface area contributed by atoms with Crippen LogP contribution < -0.4 is 5.32 Å². The summed E-state index contributed by atoms with van der Waals surface area (Å²) in [5.74, 6) is 1.95. The predicted octanol–water partition coefficient (Wildman–Crippen LogP) is 1.62. The maximum atomic E-state index is 4.35. The first kappa shape index (κ1) is 11.6. The normalized spacial score (nSPS) is 25.1. The van der Waals surface area contributed by atoms with Crippen LogP contribution >= 0.6 is 0 Å². The fourth-order valence-electron chi connectivity index (χ4n) is 2.70. The summed E-state index contributed by atoms with van der Waals surface area (Å²) in [7, 11) is 0. The number of nitrogens with zero attached hydrogens (tertiary/aromatic N) is 3. The lowest BCUT2D eigenvalue weighted by atomic mass is 10.0. The molecule has 16 heavy (non-hydrogen) atoms. The van der Waals surface area contributed by atoms with Crippen molar-refractivity contribution in [1.82, 2.24) is 20.1 Å². The molecule has 1 aromatic rings. The highest BCUT2D eigenvalue weighted by Crippen LogP contribution is 2.28. The summed E-state index contributed by atoms with van der Waals surface area (Å²) in [6.45, 7) is 6.32. The molecule has 0 bridgehead atoms. The van der Waals surface area contributed by atoms with Gasteiger partial charge in [0.2, 0.25) is 0 Å². The molecule has 4 nitrogen and oxygen atoms in total. The van der Waals surface area contributed by atoms with Crippen LogP contribution in [-0.2, 0) is 13.0 Å². The summed E-state index contributed by atoms with van der Waals surface area (Å²) in [6.07, 6.45) is 6.71. The van der Waals surface area contributed by atoms with E-state index in [4.69, 9.17) is 0 Å². The van der Waals surface area contributed by atoms with Crippen molar-refractivity contribution in [2.75, 3.05) is 6.54 Å². The maximum absolute atomic E-state index is 4.35. The van der Waals surface area contributed by atoms with E-state index in [1.807, 2.05) is 4.68 Å². The minimum atomic E-state index is 0.730. The molecule has 0 aromatic carbocycles. The Hall–Kier alpha value is -0.900. The molecular formula is C12H22N4. The molecular weight excluding hydrogens is 200 g/mol. The van der Waals surface area contributed by atoms with E-state index in [1.165, 1.54) is 19.3 Å². The Morgan fingerprint density at radius 3 is 3.06 bits per heavy atom. The molecule has 4 heteroatoms. The van der Waals surface area contributed by atoms with Crippen molar-refractivity contribution in [2.45, 2.75) is 52.1 Å². The van der Waals surface area contributed by atoms with Gasteiger partial charge >= 0.3 is 0 Å². The molecule has 2 atom stereocenters. The molecule has 0 amide bonds. The topological polar surface area (TPSA) is 42.7 Å². The van der Waals surface area contributed by atoms with Crippen LogP contribution in [0.1, 0.15) is 38.9 Å². The van der Waals surface area contributed by atoms with Gasteiger partial charge in [0.1, 0.15) is 12.2 Å². The third-order valence-corrected chi connectivity index (χ3v) is 3.50. The lowest BCUT2D eigenvalue weighted by molar-refractivity contribution is 0.471. The largest absolute Gasteiger partial charge is 0.314 e. The first-order valence-electron chi connectivity index (χ1n) is 6.43. The lowest BCUT2D eigenvalue weighted by Crippen LogP contribution is -2.26. The van der Waals surface area contributed by atoms with Gasteiger partial charge in [-0.1, -0.05) is 6.92 Å². The highest BCUT2D eigenvalue weighted by atomic mass is 15.3. The Morgan fingerprint density at radius 2 is 2.31 bits per heavy atom. The molecule has 1 aliphatic carbocycles. The number of nitrogens with one attached hydrogen (secondary N) is 1. The highest BCUT2D eigenvalue weighted by molar-refractivity contribution is 4.91. The van der Waals surface area contributed by atoms with Gasteiger partial charge in [-0.15, -0.1) is 0 Å². The zero-order valence-corrected chi connectivity index (χ0v) is 10.3. The van der Waals surface area contributed by atoms with Gasteiger partial charge in [0.05, 0.1) is 0 Å². The number of hydrogen-bond acceptors (Lipinski definition) is 3. The van der Waals surface area contributed by atoms with Crippen LogP contribution in [0.25, 0.3) is 0 Å². The number of aryl methyl sites for hydroxylation is 1. The van der Waals surface area contributed by atoms with E-state index in [-0.39, 0.29) is 0 Å². The molecule has 2 unspecified atom stereocenters. The smallest absolute Gasteiger partial charge is 0.138 e. The average molecular weight is 222 g/mol. The quantitative estimate of drug-likeness (QED) is 0.823. The van der Waals surface area contributed by atoms with Crippen molar-refractivity contribution in [1.29, 1.82) is 0 Å². The SMILES string of the molecule is CCNC1CCC(Cc2ncnn2CC)C1. The Balaban J connectivity index is 1.87. The van der Waals surface area contributed by atoms with Gasteiger partial charge in [-0.05, 0) is 38.6 Å². The Labute approximate surface area is 97.5 Å². The third-order valence-electron chi connectivity index (χ3n) is 3.50. The van der Waals surface area contributed by atoms with Gasteiger partial charge in [0.25, 0.3) is 0 Å². The Morgan fingerprint density at radius 1 is 1.44 bits per heavy atom. The van der Waals surface area contributed by atoms with Gasteiger partial charge in [-0.3, -0.25) is 4.68 Å². The molecule has 2 rings (SSSR count). The van der Waals surface area contributed by atoms with Gasteiger partial charge in [-0.25, -0.2) is 4.98 Å². The van der Waals surface area contributed by atoms with Gasteiger partial charge < -0.3 is 5.32 Å². The number of aromatic nitrogens is 3. The third kappa shape index (κ3) is 2.61. The monoisotopic (exact) mass is 222 g/mol. The highest BCUT2D eigenvalue weighted by Gasteiger charge is 2.25. The van der Waals surface area contributed by atoms with Crippen molar-refractivity contribution in [3.05, 3.63) is 12.2 Å². The number of hydrogen-bond donors (Lipinski definition) is 1. The van der Waals surface area contributed by atoms with Crippen LogP contribution in [0.3, 0.4) is 0 Å². The Bertz CT molecular complexity index is 321. The molecule has 0 radical (unpaired) electrons. The van der Waals surface area contributed by atoms with Crippen LogP contribution in [0.15, 0.2) is 6.33 Å². The minimum absolute atomic E-state index is 0.730. The molecule has 0 aliphatic heterocycles.